The lowest BCUT2D eigenvalue weighted by molar-refractivity contribution is -0.155. The number of benzene rings is 1. The largest absolute Gasteiger partial charge is 0.493 e. The van der Waals surface area contributed by atoms with E-state index in [1.54, 1.807) is 26.0 Å². The van der Waals surface area contributed by atoms with Gasteiger partial charge in [-0.1, -0.05) is 18.9 Å². The Hall–Kier alpha value is -2.24. The second-order valence-corrected chi connectivity index (χ2v) is 8.06. The number of nitrogens with zero attached hydrogens (tertiary/aromatic N) is 1. The molecule has 1 aromatic carbocycles. The molecular formula is C21H29NO5. The fourth-order valence-corrected chi connectivity index (χ4v) is 4.63. The van der Waals surface area contributed by atoms with Gasteiger partial charge in [0.25, 0.3) is 0 Å². The lowest BCUT2D eigenvalue weighted by atomic mass is 9.75. The highest BCUT2D eigenvalue weighted by atomic mass is 16.5. The Labute approximate surface area is 160 Å². The first-order chi connectivity index (χ1) is 12.9. The predicted octanol–water partition coefficient (Wildman–Crippen LogP) is 3.23. The lowest BCUT2D eigenvalue weighted by Crippen LogP contribution is -2.53. The van der Waals surface area contributed by atoms with Crippen LogP contribution in [0.15, 0.2) is 18.2 Å². The Morgan fingerprint density at radius 2 is 1.70 bits per heavy atom. The molecule has 6 heteroatoms. The zero-order chi connectivity index (χ0) is 19.7. The van der Waals surface area contributed by atoms with E-state index in [0.717, 1.165) is 37.7 Å². The molecule has 148 valence electrons. The third kappa shape index (κ3) is 3.37. The summed E-state index contributed by atoms with van der Waals surface area (Å²) >= 11 is 0. The number of aliphatic carboxylic acids is 1. The van der Waals surface area contributed by atoms with Crippen molar-refractivity contribution in [2.75, 3.05) is 27.3 Å². The molecule has 3 rings (SSSR count). The Bertz CT molecular complexity index is 725. The second-order valence-electron chi connectivity index (χ2n) is 8.06. The molecule has 0 radical (unpaired) electrons. The van der Waals surface area contributed by atoms with E-state index in [9.17, 15) is 14.7 Å². The van der Waals surface area contributed by atoms with Crippen LogP contribution in [0.25, 0.3) is 0 Å². The predicted molar refractivity (Wildman–Crippen MR) is 101 cm³/mol. The molecule has 1 saturated heterocycles. The van der Waals surface area contributed by atoms with Gasteiger partial charge < -0.3 is 19.5 Å². The molecule has 2 aliphatic rings. The highest BCUT2D eigenvalue weighted by molar-refractivity contribution is 5.89. The zero-order valence-electron chi connectivity index (χ0n) is 16.4. The topological polar surface area (TPSA) is 76.1 Å². The van der Waals surface area contributed by atoms with Gasteiger partial charge in [0.1, 0.15) is 0 Å². The third-order valence-corrected chi connectivity index (χ3v) is 6.30. The van der Waals surface area contributed by atoms with Crippen molar-refractivity contribution in [3.05, 3.63) is 23.8 Å². The summed E-state index contributed by atoms with van der Waals surface area (Å²) in [6, 6.07) is 5.70. The standard InChI is InChI=1S/C21H29NO5/c1-20(19(24)25)9-6-12-22(14-20)18(23)21(10-4-5-11-21)15-7-8-16(26-2)17(13-15)27-3/h7-8,13H,4-6,9-12,14H2,1-3H3,(H,24,25). The summed E-state index contributed by atoms with van der Waals surface area (Å²) < 4.78 is 10.8. The van der Waals surface area contributed by atoms with Crippen molar-refractivity contribution in [1.29, 1.82) is 0 Å². The molecule has 6 nitrogen and oxygen atoms in total. The second kappa shape index (κ2) is 7.41. The van der Waals surface area contributed by atoms with Crippen LogP contribution in [0.1, 0.15) is 51.0 Å². The Morgan fingerprint density at radius 1 is 1.04 bits per heavy atom. The average molecular weight is 375 g/mol. The number of ether oxygens (including phenoxy) is 2. The number of hydrogen-bond acceptors (Lipinski definition) is 4. The third-order valence-electron chi connectivity index (χ3n) is 6.30. The summed E-state index contributed by atoms with van der Waals surface area (Å²) in [6.07, 6.45) is 4.86. The fourth-order valence-electron chi connectivity index (χ4n) is 4.63. The first kappa shape index (κ1) is 19.5. The van der Waals surface area contributed by atoms with Gasteiger partial charge in [-0.25, -0.2) is 0 Å². The number of carbonyl (C=O) groups is 2. The molecule has 0 aromatic heterocycles. The maximum Gasteiger partial charge on any atom is 0.311 e. The average Bonchev–Trinajstić information content (AvgIpc) is 3.17. The van der Waals surface area contributed by atoms with E-state index in [4.69, 9.17) is 9.47 Å². The SMILES string of the molecule is COc1ccc(C2(C(=O)N3CCCC(C)(C(=O)O)C3)CCCC2)cc1OC. The monoisotopic (exact) mass is 375 g/mol. The molecule has 1 amide bonds. The molecule has 27 heavy (non-hydrogen) atoms. The van der Waals surface area contributed by atoms with Gasteiger partial charge in [-0.15, -0.1) is 0 Å². The molecule has 1 unspecified atom stereocenters. The van der Waals surface area contributed by atoms with Crippen LogP contribution in [-0.2, 0) is 15.0 Å². The molecule has 1 N–H and O–H groups in total. The van der Waals surface area contributed by atoms with Crippen molar-refractivity contribution in [3.63, 3.8) is 0 Å². The number of likely N-dealkylation sites (tertiary alicyclic amines) is 1. The number of methoxy groups -OCH3 is 2. The molecule has 0 spiro atoms. The van der Waals surface area contributed by atoms with Crippen molar-refractivity contribution in [2.24, 2.45) is 5.41 Å². The van der Waals surface area contributed by atoms with Gasteiger partial charge >= 0.3 is 5.97 Å². The van der Waals surface area contributed by atoms with Gasteiger partial charge in [0, 0.05) is 13.1 Å². The van der Waals surface area contributed by atoms with Gasteiger partial charge in [0.15, 0.2) is 11.5 Å². The normalized spacial score (nSPS) is 24.5. The summed E-state index contributed by atoms with van der Waals surface area (Å²) in [6.45, 7) is 2.64. The number of amides is 1. The van der Waals surface area contributed by atoms with Gasteiger partial charge in [0.05, 0.1) is 25.0 Å². The molecule has 0 bridgehead atoms. The van der Waals surface area contributed by atoms with Crippen LogP contribution in [0.2, 0.25) is 0 Å². The van der Waals surface area contributed by atoms with Crippen molar-refractivity contribution in [3.8, 4) is 11.5 Å². The minimum atomic E-state index is -0.870. The Balaban J connectivity index is 1.95. The summed E-state index contributed by atoms with van der Waals surface area (Å²) in [5.74, 6) is 0.479. The van der Waals surface area contributed by atoms with Crippen molar-refractivity contribution in [1.82, 2.24) is 4.90 Å². The Morgan fingerprint density at radius 3 is 2.30 bits per heavy atom. The summed E-state index contributed by atoms with van der Waals surface area (Å²) in [5, 5.41) is 9.60. The first-order valence-electron chi connectivity index (χ1n) is 9.61. The minimum Gasteiger partial charge on any atom is -0.493 e. The van der Waals surface area contributed by atoms with Gasteiger partial charge in [0.2, 0.25) is 5.91 Å². The highest BCUT2D eigenvalue weighted by Gasteiger charge is 2.48. The molecule has 1 heterocycles. The van der Waals surface area contributed by atoms with E-state index >= 15 is 0 Å². The van der Waals surface area contributed by atoms with Gasteiger partial charge in [-0.2, -0.15) is 0 Å². The highest BCUT2D eigenvalue weighted by Crippen LogP contribution is 2.46. The van der Waals surface area contributed by atoms with E-state index in [2.05, 4.69) is 0 Å². The maximum absolute atomic E-state index is 13.6. The zero-order valence-corrected chi connectivity index (χ0v) is 16.4. The van der Waals surface area contributed by atoms with Gasteiger partial charge in [-0.3, -0.25) is 9.59 Å². The smallest absolute Gasteiger partial charge is 0.311 e. The number of piperidine rings is 1. The first-order valence-corrected chi connectivity index (χ1v) is 9.61. The van der Waals surface area contributed by atoms with Crippen LogP contribution >= 0.6 is 0 Å². The quantitative estimate of drug-likeness (QED) is 0.855. The van der Waals surface area contributed by atoms with Crippen LogP contribution in [0.4, 0.5) is 0 Å². The molecule has 1 atom stereocenters. The minimum absolute atomic E-state index is 0.0550. The van der Waals surface area contributed by atoms with Crippen LogP contribution in [-0.4, -0.2) is 49.2 Å². The number of carboxylic acid groups (broad SMARTS) is 1. The van der Waals surface area contributed by atoms with E-state index < -0.39 is 16.8 Å². The van der Waals surface area contributed by atoms with Crippen molar-refractivity contribution >= 4 is 11.9 Å². The summed E-state index contributed by atoms with van der Waals surface area (Å²) in [5.41, 5.74) is -0.535. The van der Waals surface area contributed by atoms with Crippen LogP contribution in [0.5, 0.6) is 11.5 Å². The molecule has 1 saturated carbocycles. The van der Waals surface area contributed by atoms with Crippen molar-refractivity contribution < 1.29 is 24.2 Å². The van der Waals surface area contributed by atoms with E-state index in [1.165, 1.54) is 0 Å². The van der Waals surface area contributed by atoms with Crippen molar-refractivity contribution in [2.45, 2.75) is 50.9 Å². The number of carboxylic acids is 1. The van der Waals surface area contributed by atoms with Gasteiger partial charge in [-0.05, 0) is 50.3 Å². The van der Waals surface area contributed by atoms with Crippen LogP contribution < -0.4 is 9.47 Å². The van der Waals surface area contributed by atoms with Crippen LogP contribution in [0.3, 0.4) is 0 Å². The Kier molecular flexibility index (Phi) is 5.36. The van der Waals surface area contributed by atoms with Crippen LogP contribution in [0, 0.1) is 5.41 Å². The molecule has 1 aliphatic carbocycles. The molecule has 1 aromatic rings. The van der Waals surface area contributed by atoms with E-state index in [-0.39, 0.29) is 12.5 Å². The number of rotatable bonds is 5. The molecule has 2 fully saturated rings. The maximum atomic E-state index is 13.6. The van der Waals surface area contributed by atoms with E-state index in [0.29, 0.717) is 24.5 Å². The molecule has 1 aliphatic heterocycles. The molecular weight excluding hydrogens is 346 g/mol. The lowest BCUT2D eigenvalue weighted by Gasteiger charge is -2.42. The summed E-state index contributed by atoms with van der Waals surface area (Å²) in [7, 11) is 3.18. The number of hydrogen-bond donors (Lipinski definition) is 1. The number of carbonyl (C=O) groups excluding carboxylic acids is 1. The summed E-state index contributed by atoms with van der Waals surface area (Å²) in [4.78, 5) is 27.1. The van der Waals surface area contributed by atoms with E-state index in [1.807, 2.05) is 18.2 Å². The fraction of sp³-hybridized carbons (Fsp3) is 0.619.